The number of carbonyl (C=O) groups is 2. The van der Waals surface area contributed by atoms with Gasteiger partial charge in [-0.1, -0.05) is 39.0 Å². The molecule has 6 heteroatoms. The van der Waals surface area contributed by atoms with Gasteiger partial charge in [0.25, 0.3) is 11.8 Å². The topological polar surface area (TPSA) is 73.8 Å². The maximum absolute atomic E-state index is 12.5. The van der Waals surface area contributed by atoms with Crippen LogP contribution < -0.4 is 15.8 Å². The molecule has 6 nitrogen and oxygen atoms in total. The fourth-order valence-corrected chi connectivity index (χ4v) is 2.48. The SMILES string of the molecule is CC[C@H](NC(=O)C1=N[C@@H](C)C(=O)N(c2ccccc2)N1)C(C)C. The van der Waals surface area contributed by atoms with Gasteiger partial charge in [-0.05, 0) is 31.4 Å². The van der Waals surface area contributed by atoms with Crippen LogP contribution in [-0.4, -0.2) is 29.7 Å². The zero-order valence-corrected chi connectivity index (χ0v) is 14.0. The molecule has 1 aliphatic heterocycles. The number of anilines is 1. The molecule has 2 rings (SSSR count). The number of carbonyl (C=O) groups excluding carboxylic acids is 2. The molecule has 23 heavy (non-hydrogen) atoms. The molecule has 0 radical (unpaired) electrons. The second-order valence-corrected chi connectivity index (χ2v) is 6.01. The summed E-state index contributed by atoms with van der Waals surface area (Å²) in [6.07, 6.45) is 0.841. The van der Waals surface area contributed by atoms with Gasteiger partial charge in [0, 0.05) is 6.04 Å². The Bertz CT molecular complexity index is 598. The average Bonchev–Trinajstić information content (AvgIpc) is 2.55. The van der Waals surface area contributed by atoms with E-state index in [1.807, 2.05) is 25.1 Å². The van der Waals surface area contributed by atoms with Gasteiger partial charge < -0.3 is 5.32 Å². The zero-order chi connectivity index (χ0) is 17.0. The van der Waals surface area contributed by atoms with E-state index in [4.69, 9.17) is 0 Å². The summed E-state index contributed by atoms with van der Waals surface area (Å²) in [4.78, 5) is 29.0. The number of para-hydroxylation sites is 1. The van der Waals surface area contributed by atoms with Crippen LogP contribution in [0.3, 0.4) is 0 Å². The Hall–Kier alpha value is -2.37. The highest BCUT2D eigenvalue weighted by atomic mass is 16.2. The van der Waals surface area contributed by atoms with E-state index >= 15 is 0 Å². The maximum Gasteiger partial charge on any atom is 0.288 e. The Labute approximate surface area is 136 Å². The van der Waals surface area contributed by atoms with E-state index in [9.17, 15) is 9.59 Å². The lowest BCUT2D eigenvalue weighted by molar-refractivity contribution is -0.120. The molecule has 0 aromatic heterocycles. The van der Waals surface area contributed by atoms with Gasteiger partial charge >= 0.3 is 0 Å². The number of nitrogens with one attached hydrogen (secondary N) is 2. The van der Waals surface area contributed by atoms with E-state index in [1.54, 1.807) is 19.1 Å². The molecule has 1 aromatic rings. The molecule has 1 heterocycles. The Morgan fingerprint density at radius 2 is 2.00 bits per heavy atom. The first kappa shape index (κ1) is 17.0. The van der Waals surface area contributed by atoms with Gasteiger partial charge in [-0.3, -0.25) is 15.0 Å². The molecule has 2 amide bonds. The van der Waals surface area contributed by atoms with Gasteiger partial charge in [-0.2, -0.15) is 0 Å². The summed E-state index contributed by atoms with van der Waals surface area (Å²) >= 11 is 0. The third kappa shape index (κ3) is 3.88. The van der Waals surface area contributed by atoms with E-state index in [0.29, 0.717) is 11.6 Å². The summed E-state index contributed by atoms with van der Waals surface area (Å²) in [7, 11) is 0. The van der Waals surface area contributed by atoms with Crippen LogP contribution in [0.1, 0.15) is 34.1 Å². The van der Waals surface area contributed by atoms with E-state index < -0.39 is 6.04 Å². The van der Waals surface area contributed by atoms with Crippen molar-refractivity contribution < 1.29 is 9.59 Å². The van der Waals surface area contributed by atoms with Crippen molar-refractivity contribution in [2.24, 2.45) is 10.9 Å². The van der Waals surface area contributed by atoms with E-state index in [1.165, 1.54) is 5.01 Å². The quantitative estimate of drug-likeness (QED) is 0.871. The van der Waals surface area contributed by atoms with Crippen molar-refractivity contribution in [3.05, 3.63) is 30.3 Å². The predicted molar refractivity (Wildman–Crippen MR) is 91.0 cm³/mol. The Morgan fingerprint density at radius 1 is 1.35 bits per heavy atom. The van der Waals surface area contributed by atoms with E-state index in [-0.39, 0.29) is 23.7 Å². The number of amidine groups is 1. The lowest BCUT2D eigenvalue weighted by atomic mass is 10.0. The zero-order valence-electron chi connectivity index (χ0n) is 14.0. The maximum atomic E-state index is 12.5. The minimum atomic E-state index is -0.601. The van der Waals surface area contributed by atoms with Gasteiger partial charge in [0.1, 0.15) is 6.04 Å². The molecular weight excluding hydrogens is 292 g/mol. The standard InChI is InChI=1S/C17H24N4O2/c1-5-14(11(2)3)19-16(22)15-18-12(4)17(23)21(20-15)13-9-7-6-8-10-13/h6-12,14H,5H2,1-4H3,(H,18,20)(H,19,22)/t12-,14-/m0/s1. The predicted octanol–water partition coefficient (Wildman–Crippen LogP) is 1.88. The highest BCUT2D eigenvalue weighted by Crippen LogP contribution is 2.16. The van der Waals surface area contributed by atoms with Crippen LogP contribution in [0.15, 0.2) is 35.3 Å². The number of aliphatic imine (C=N–C) groups is 1. The minimum Gasteiger partial charge on any atom is -0.346 e. The number of nitrogens with zero attached hydrogens (tertiary/aromatic N) is 2. The molecule has 0 saturated carbocycles. The molecule has 0 saturated heterocycles. The molecule has 124 valence electrons. The van der Waals surface area contributed by atoms with Gasteiger partial charge in [0.05, 0.1) is 5.69 Å². The van der Waals surface area contributed by atoms with Gasteiger partial charge in [0.15, 0.2) is 0 Å². The van der Waals surface area contributed by atoms with Crippen LogP contribution in [0, 0.1) is 5.92 Å². The summed E-state index contributed by atoms with van der Waals surface area (Å²) in [5.41, 5.74) is 3.52. The van der Waals surface area contributed by atoms with Crippen LogP contribution >= 0.6 is 0 Å². The van der Waals surface area contributed by atoms with Gasteiger partial charge in [-0.25, -0.2) is 10.0 Å². The van der Waals surface area contributed by atoms with Gasteiger partial charge in [-0.15, -0.1) is 0 Å². The third-order valence-corrected chi connectivity index (χ3v) is 3.91. The first-order valence-corrected chi connectivity index (χ1v) is 7.98. The van der Waals surface area contributed by atoms with Crippen molar-refractivity contribution in [1.82, 2.24) is 10.7 Å². The van der Waals surface area contributed by atoms with Crippen molar-refractivity contribution >= 4 is 23.3 Å². The molecule has 2 N–H and O–H groups in total. The minimum absolute atomic E-state index is 0.0742. The van der Waals surface area contributed by atoms with E-state index in [0.717, 1.165) is 6.42 Å². The van der Waals surface area contributed by atoms with Crippen LogP contribution in [0.2, 0.25) is 0 Å². The number of hydrogen-bond acceptors (Lipinski definition) is 4. The monoisotopic (exact) mass is 316 g/mol. The summed E-state index contributed by atoms with van der Waals surface area (Å²) < 4.78 is 0. The lowest BCUT2D eigenvalue weighted by Crippen LogP contribution is -2.59. The van der Waals surface area contributed by atoms with Crippen molar-refractivity contribution in [2.45, 2.75) is 46.2 Å². The molecule has 0 bridgehead atoms. The number of amides is 2. The van der Waals surface area contributed by atoms with Crippen molar-refractivity contribution in [2.75, 3.05) is 5.01 Å². The molecule has 1 aliphatic rings. The smallest absolute Gasteiger partial charge is 0.288 e. The molecule has 0 aliphatic carbocycles. The highest BCUT2D eigenvalue weighted by Gasteiger charge is 2.31. The van der Waals surface area contributed by atoms with Gasteiger partial charge in [0.2, 0.25) is 5.84 Å². The largest absolute Gasteiger partial charge is 0.346 e. The highest BCUT2D eigenvalue weighted by molar-refractivity contribution is 6.39. The fraction of sp³-hybridized carbons (Fsp3) is 0.471. The molecule has 0 fully saturated rings. The summed E-state index contributed by atoms with van der Waals surface area (Å²) in [6.45, 7) is 7.84. The van der Waals surface area contributed by atoms with Crippen LogP contribution in [0.4, 0.5) is 5.69 Å². The number of rotatable bonds is 5. The van der Waals surface area contributed by atoms with Crippen molar-refractivity contribution in [1.29, 1.82) is 0 Å². The summed E-state index contributed by atoms with van der Waals surface area (Å²) in [6, 6.07) is 8.64. The average molecular weight is 316 g/mol. The molecule has 2 atom stereocenters. The number of hydrazine groups is 1. The van der Waals surface area contributed by atoms with Crippen molar-refractivity contribution in [3.63, 3.8) is 0 Å². The Kier molecular flexibility index (Phi) is 5.36. The Morgan fingerprint density at radius 3 is 2.57 bits per heavy atom. The first-order valence-electron chi connectivity index (χ1n) is 7.98. The normalized spacial score (nSPS) is 19.2. The second-order valence-electron chi connectivity index (χ2n) is 6.01. The number of hydrogen-bond donors (Lipinski definition) is 2. The van der Waals surface area contributed by atoms with Crippen molar-refractivity contribution in [3.8, 4) is 0 Å². The molecule has 1 aromatic carbocycles. The molecular formula is C17H24N4O2. The summed E-state index contributed by atoms with van der Waals surface area (Å²) in [5, 5.41) is 4.35. The van der Waals surface area contributed by atoms with Crippen LogP contribution in [0.25, 0.3) is 0 Å². The first-order chi connectivity index (χ1) is 10.9. The Balaban J connectivity index is 2.18. The second kappa shape index (κ2) is 7.26. The fourth-order valence-electron chi connectivity index (χ4n) is 2.48. The third-order valence-electron chi connectivity index (χ3n) is 3.91. The lowest BCUT2D eigenvalue weighted by Gasteiger charge is -2.31. The molecule has 0 unspecified atom stereocenters. The summed E-state index contributed by atoms with van der Waals surface area (Å²) in [5.74, 6) is 0.0203. The van der Waals surface area contributed by atoms with Crippen LogP contribution in [0.5, 0.6) is 0 Å². The molecule has 0 spiro atoms. The number of benzene rings is 1. The van der Waals surface area contributed by atoms with E-state index in [2.05, 4.69) is 29.6 Å². The van der Waals surface area contributed by atoms with Crippen LogP contribution in [-0.2, 0) is 9.59 Å².